The van der Waals surface area contributed by atoms with Crippen molar-refractivity contribution in [2.75, 3.05) is 12.4 Å². The van der Waals surface area contributed by atoms with Gasteiger partial charge in [0.05, 0.1) is 17.7 Å². The van der Waals surface area contributed by atoms with E-state index in [1.807, 2.05) is 36.6 Å². The number of ether oxygens (including phenoxy) is 1. The lowest BCUT2D eigenvalue weighted by Crippen LogP contribution is -1.98. The number of nitrogens with zero attached hydrogens (tertiary/aromatic N) is 2. The highest BCUT2D eigenvalue weighted by atomic mass is 32.2. The first-order valence-electron chi connectivity index (χ1n) is 6.99. The summed E-state index contributed by atoms with van der Waals surface area (Å²) in [6, 6.07) is 7.84. The second-order valence-corrected chi connectivity index (χ2v) is 6.47. The third-order valence-corrected chi connectivity index (χ3v) is 5.00. The van der Waals surface area contributed by atoms with Crippen LogP contribution >= 0.6 is 23.1 Å². The van der Waals surface area contributed by atoms with Crippen molar-refractivity contribution in [3.05, 3.63) is 36.0 Å². The van der Waals surface area contributed by atoms with Crippen molar-refractivity contribution in [1.82, 2.24) is 9.97 Å². The zero-order valence-electron chi connectivity index (χ0n) is 12.4. The van der Waals surface area contributed by atoms with Gasteiger partial charge in [-0.3, -0.25) is 4.79 Å². The molecule has 5 nitrogen and oxygen atoms in total. The van der Waals surface area contributed by atoms with Crippen LogP contribution in [0.4, 0.5) is 0 Å². The molecule has 0 radical (unpaired) electrons. The van der Waals surface area contributed by atoms with Crippen LogP contribution in [-0.2, 0) is 4.79 Å². The molecule has 0 atom stereocenters. The largest absolute Gasteiger partial charge is 0.494 e. The van der Waals surface area contributed by atoms with E-state index in [1.54, 1.807) is 0 Å². The topological polar surface area (TPSA) is 72.3 Å². The van der Waals surface area contributed by atoms with E-state index in [-0.39, 0.29) is 5.75 Å². The second kappa shape index (κ2) is 6.97. The molecular weight excluding hydrogens is 332 g/mol. The smallest absolute Gasteiger partial charge is 0.313 e. The van der Waals surface area contributed by atoms with E-state index in [1.165, 1.54) is 29.4 Å². The van der Waals surface area contributed by atoms with E-state index in [2.05, 4.69) is 9.97 Å². The molecule has 0 aliphatic rings. The zero-order chi connectivity index (χ0) is 16.2. The van der Waals surface area contributed by atoms with Crippen LogP contribution in [0, 0.1) is 0 Å². The molecule has 3 aromatic rings. The van der Waals surface area contributed by atoms with Gasteiger partial charge in [-0.1, -0.05) is 23.9 Å². The Labute approximate surface area is 141 Å². The van der Waals surface area contributed by atoms with Crippen molar-refractivity contribution in [1.29, 1.82) is 0 Å². The Morgan fingerprint density at radius 2 is 2.09 bits per heavy atom. The van der Waals surface area contributed by atoms with Gasteiger partial charge in [0, 0.05) is 10.9 Å². The number of aliphatic carboxylic acids is 1. The van der Waals surface area contributed by atoms with Gasteiger partial charge >= 0.3 is 5.97 Å². The van der Waals surface area contributed by atoms with E-state index in [9.17, 15) is 4.79 Å². The van der Waals surface area contributed by atoms with Crippen LogP contribution in [0.15, 0.2) is 41.0 Å². The summed E-state index contributed by atoms with van der Waals surface area (Å²) in [6.45, 7) is 2.58. The molecule has 0 fully saturated rings. The Morgan fingerprint density at radius 1 is 1.30 bits per heavy atom. The third kappa shape index (κ3) is 3.46. The highest BCUT2D eigenvalue weighted by Crippen LogP contribution is 2.38. The van der Waals surface area contributed by atoms with Gasteiger partial charge < -0.3 is 9.84 Å². The normalized spacial score (nSPS) is 10.8. The number of aromatic nitrogens is 2. The average Bonchev–Trinajstić information content (AvgIpc) is 2.98. The Hall–Kier alpha value is -2.12. The van der Waals surface area contributed by atoms with Gasteiger partial charge in [-0.2, -0.15) is 0 Å². The molecule has 3 rings (SSSR count). The Kier molecular flexibility index (Phi) is 4.78. The summed E-state index contributed by atoms with van der Waals surface area (Å²) in [5, 5.41) is 12.5. The van der Waals surface area contributed by atoms with Gasteiger partial charge in [0.2, 0.25) is 0 Å². The van der Waals surface area contributed by atoms with Crippen LogP contribution < -0.4 is 4.74 Å². The monoisotopic (exact) mass is 346 g/mol. The van der Waals surface area contributed by atoms with E-state index in [4.69, 9.17) is 9.84 Å². The number of rotatable bonds is 6. The van der Waals surface area contributed by atoms with E-state index >= 15 is 0 Å². The first-order chi connectivity index (χ1) is 11.2. The molecule has 23 heavy (non-hydrogen) atoms. The molecule has 0 saturated carbocycles. The maximum absolute atomic E-state index is 10.8. The number of carboxylic acids is 1. The number of carboxylic acid groups (broad SMARTS) is 1. The molecule has 0 bridgehead atoms. The van der Waals surface area contributed by atoms with Crippen molar-refractivity contribution in [3.63, 3.8) is 0 Å². The second-order valence-electron chi connectivity index (χ2n) is 4.65. The van der Waals surface area contributed by atoms with Crippen molar-refractivity contribution in [3.8, 4) is 16.9 Å². The number of hydrogen-bond donors (Lipinski definition) is 1. The van der Waals surface area contributed by atoms with Crippen LogP contribution in [0.3, 0.4) is 0 Å². The minimum atomic E-state index is -0.861. The fraction of sp³-hybridized carbons (Fsp3) is 0.188. The van der Waals surface area contributed by atoms with E-state index in [0.717, 1.165) is 27.1 Å². The summed E-state index contributed by atoms with van der Waals surface area (Å²) in [5.74, 6) is -0.0582. The number of thiophene rings is 1. The molecular formula is C16H14N2O3S2. The molecule has 0 unspecified atom stereocenters. The maximum Gasteiger partial charge on any atom is 0.313 e. The summed E-state index contributed by atoms with van der Waals surface area (Å²) in [5.41, 5.74) is 2.05. The quantitative estimate of drug-likeness (QED) is 0.538. The van der Waals surface area contributed by atoms with Gasteiger partial charge in [0.25, 0.3) is 0 Å². The third-order valence-electron chi connectivity index (χ3n) is 3.14. The standard InChI is InChI=1S/C16H14N2O3S2/c1-2-21-11-5-3-10(4-6-11)12-7-22-15-14(12)16(18-9-17-15)23-8-13(19)20/h3-7,9H,2,8H2,1H3,(H,19,20). The summed E-state index contributed by atoms with van der Waals surface area (Å²) in [4.78, 5) is 20.2. The molecule has 1 aromatic carbocycles. The predicted molar refractivity (Wildman–Crippen MR) is 92.4 cm³/mol. The number of hydrogen-bond acceptors (Lipinski definition) is 6. The van der Waals surface area contributed by atoms with Gasteiger partial charge in [0.15, 0.2) is 0 Å². The van der Waals surface area contributed by atoms with Crippen molar-refractivity contribution < 1.29 is 14.6 Å². The lowest BCUT2D eigenvalue weighted by atomic mass is 10.1. The highest BCUT2D eigenvalue weighted by Gasteiger charge is 2.14. The molecule has 118 valence electrons. The summed E-state index contributed by atoms with van der Waals surface area (Å²) in [6.07, 6.45) is 1.48. The van der Waals surface area contributed by atoms with Crippen molar-refractivity contribution in [2.24, 2.45) is 0 Å². The first-order valence-corrected chi connectivity index (χ1v) is 8.85. The number of fused-ring (bicyclic) bond motifs is 1. The van der Waals surface area contributed by atoms with Crippen LogP contribution in [-0.4, -0.2) is 33.4 Å². The van der Waals surface area contributed by atoms with Crippen LogP contribution in [0.25, 0.3) is 21.3 Å². The summed E-state index contributed by atoms with van der Waals surface area (Å²) in [7, 11) is 0. The van der Waals surface area contributed by atoms with E-state index in [0.29, 0.717) is 11.6 Å². The molecule has 0 aliphatic carbocycles. The predicted octanol–water partition coefficient (Wildman–Crippen LogP) is 3.93. The van der Waals surface area contributed by atoms with Gasteiger partial charge in [-0.05, 0) is 24.6 Å². The molecule has 2 heterocycles. The lowest BCUT2D eigenvalue weighted by Gasteiger charge is -2.06. The fourth-order valence-corrected chi connectivity index (χ4v) is 3.91. The van der Waals surface area contributed by atoms with Crippen LogP contribution in [0.2, 0.25) is 0 Å². The zero-order valence-corrected chi connectivity index (χ0v) is 14.0. The Bertz CT molecular complexity index is 831. The number of benzene rings is 1. The SMILES string of the molecule is CCOc1ccc(-c2csc3ncnc(SCC(=O)O)c23)cc1. The number of thioether (sulfide) groups is 1. The van der Waals surface area contributed by atoms with Crippen molar-refractivity contribution >= 4 is 39.3 Å². The molecule has 1 N–H and O–H groups in total. The van der Waals surface area contributed by atoms with E-state index < -0.39 is 5.97 Å². The minimum Gasteiger partial charge on any atom is -0.494 e. The van der Waals surface area contributed by atoms with Crippen LogP contribution in [0.1, 0.15) is 6.92 Å². The Balaban J connectivity index is 2.01. The summed E-state index contributed by atoms with van der Waals surface area (Å²) < 4.78 is 5.46. The van der Waals surface area contributed by atoms with Crippen LogP contribution in [0.5, 0.6) is 5.75 Å². The molecule has 0 saturated heterocycles. The molecule has 2 aromatic heterocycles. The van der Waals surface area contributed by atoms with Gasteiger partial charge in [-0.25, -0.2) is 9.97 Å². The highest BCUT2D eigenvalue weighted by molar-refractivity contribution is 8.00. The maximum atomic E-state index is 10.8. The molecule has 0 spiro atoms. The first kappa shape index (κ1) is 15.8. The molecule has 0 aliphatic heterocycles. The number of carbonyl (C=O) groups is 1. The lowest BCUT2D eigenvalue weighted by molar-refractivity contribution is -0.133. The summed E-state index contributed by atoms with van der Waals surface area (Å²) >= 11 is 2.74. The fourth-order valence-electron chi connectivity index (χ4n) is 2.20. The molecule has 0 amide bonds. The minimum absolute atomic E-state index is 0.0231. The average molecular weight is 346 g/mol. The van der Waals surface area contributed by atoms with Gasteiger partial charge in [-0.15, -0.1) is 11.3 Å². The van der Waals surface area contributed by atoms with Crippen molar-refractivity contribution in [2.45, 2.75) is 11.9 Å². The molecule has 7 heteroatoms. The van der Waals surface area contributed by atoms with Gasteiger partial charge in [0.1, 0.15) is 21.9 Å². The Morgan fingerprint density at radius 3 is 2.78 bits per heavy atom.